The van der Waals surface area contributed by atoms with Crippen molar-refractivity contribution in [2.45, 2.75) is 40.0 Å². The second kappa shape index (κ2) is 5.81. The zero-order valence-corrected chi connectivity index (χ0v) is 11.5. The van der Waals surface area contributed by atoms with E-state index >= 15 is 0 Å². The highest BCUT2D eigenvalue weighted by molar-refractivity contribution is 5.70. The predicted octanol–water partition coefficient (Wildman–Crippen LogP) is 4.44. The number of nitrogens with zero attached hydrogens (tertiary/aromatic N) is 1. The Morgan fingerprint density at radius 3 is 2.17 bits per heavy atom. The van der Waals surface area contributed by atoms with Gasteiger partial charge in [0.15, 0.2) is 0 Å². The monoisotopic (exact) mass is 239 g/mol. The average molecular weight is 239 g/mol. The normalized spacial score (nSPS) is 10.6. The van der Waals surface area contributed by atoms with Gasteiger partial charge in [0, 0.05) is 17.0 Å². The molecule has 94 valence electrons. The summed E-state index contributed by atoms with van der Waals surface area (Å²) in [5.41, 5.74) is 6.50. The Labute approximate surface area is 110 Å². The summed E-state index contributed by atoms with van der Waals surface area (Å²) in [4.78, 5) is 4.79. The van der Waals surface area contributed by atoms with Crippen molar-refractivity contribution in [3.8, 4) is 11.1 Å². The van der Waals surface area contributed by atoms with Crippen LogP contribution in [-0.4, -0.2) is 4.98 Å². The van der Waals surface area contributed by atoms with Crippen LogP contribution >= 0.6 is 0 Å². The van der Waals surface area contributed by atoms with Crippen LogP contribution in [0, 0.1) is 0 Å². The van der Waals surface area contributed by atoms with Gasteiger partial charge in [0.05, 0.1) is 0 Å². The van der Waals surface area contributed by atoms with Gasteiger partial charge in [-0.05, 0) is 36.5 Å². The molecule has 18 heavy (non-hydrogen) atoms. The summed E-state index contributed by atoms with van der Waals surface area (Å²) < 4.78 is 0. The van der Waals surface area contributed by atoms with Gasteiger partial charge in [-0.25, -0.2) is 0 Å². The minimum atomic E-state index is 0.991. The number of aryl methyl sites for hydroxylation is 3. The summed E-state index contributed by atoms with van der Waals surface area (Å²) in [6, 6.07) is 12.9. The minimum absolute atomic E-state index is 0.991. The molecule has 0 fully saturated rings. The number of aromatic nitrogens is 1. The minimum Gasteiger partial charge on any atom is -0.257 e. The second-order valence-corrected chi connectivity index (χ2v) is 4.52. The fourth-order valence-electron chi connectivity index (χ4n) is 2.39. The Hall–Kier alpha value is -1.63. The number of benzene rings is 1. The van der Waals surface area contributed by atoms with E-state index < -0.39 is 0 Å². The van der Waals surface area contributed by atoms with Crippen LogP contribution in [0.1, 0.15) is 37.7 Å². The van der Waals surface area contributed by atoms with Crippen LogP contribution in [0.4, 0.5) is 0 Å². The molecule has 0 saturated heterocycles. The van der Waals surface area contributed by atoms with Crippen LogP contribution in [0.2, 0.25) is 0 Å². The Balaban J connectivity index is 2.64. The fourth-order valence-corrected chi connectivity index (χ4v) is 2.39. The molecule has 0 atom stereocenters. The van der Waals surface area contributed by atoms with Crippen LogP contribution in [0.5, 0.6) is 0 Å². The van der Waals surface area contributed by atoms with Crippen molar-refractivity contribution in [1.29, 1.82) is 0 Å². The molecule has 0 bridgehead atoms. The maximum Gasteiger partial charge on any atom is 0.0485 e. The SMILES string of the molecule is CCc1cc(CC)c(-c2ccccc2)c(CC)n1. The molecule has 0 spiro atoms. The summed E-state index contributed by atoms with van der Waals surface area (Å²) in [5, 5.41) is 0. The van der Waals surface area contributed by atoms with Gasteiger partial charge in [-0.15, -0.1) is 0 Å². The van der Waals surface area contributed by atoms with Gasteiger partial charge in [0.25, 0.3) is 0 Å². The molecule has 2 rings (SSSR count). The standard InChI is InChI=1S/C17H21N/c1-4-13-12-15(5-2)18-16(6-3)17(13)14-10-8-7-9-11-14/h7-12H,4-6H2,1-3H3. The zero-order chi connectivity index (χ0) is 13.0. The summed E-state index contributed by atoms with van der Waals surface area (Å²) in [7, 11) is 0. The number of hydrogen-bond donors (Lipinski definition) is 0. The lowest BCUT2D eigenvalue weighted by Gasteiger charge is -2.14. The molecule has 1 aromatic heterocycles. The first-order chi connectivity index (χ1) is 8.80. The zero-order valence-electron chi connectivity index (χ0n) is 11.5. The van der Waals surface area contributed by atoms with Crippen LogP contribution in [-0.2, 0) is 19.3 Å². The van der Waals surface area contributed by atoms with Crippen LogP contribution < -0.4 is 0 Å². The molecule has 0 saturated carbocycles. The molecule has 0 radical (unpaired) electrons. The summed E-state index contributed by atoms with van der Waals surface area (Å²) in [5.74, 6) is 0. The smallest absolute Gasteiger partial charge is 0.0485 e. The molecule has 0 N–H and O–H groups in total. The van der Waals surface area contributed by atoms with Crippen molar-refractivity contribution in [3.05, 3.63) is 53.3 Å². The first-order valence-electron chi connectivity index (χ1n) is 6.87. The van der Waals surface area contributed by atoms with Crippen molar-refractivity contribution < 1.29 is 0 Å². The van der Waals surface area contributed by atoms with Crippen molar-refractivity contribution in [3.63, 3.8) is 0 Å². The third-order valence-electron chi connectivity index (χ3n) is 3.37. The van der Waals surface area contributed by atoms with E-state index in [1.165, 1.54) is 28.1 Å². The van der Waals surface area contributed by atoms with Crippen molar-refractivity contribution in [2.24, 2.45) is 0 Å². The maximum atomic E-state index is 4.79. The van der Waals surface area contributed by atoms with Gasteiger partial charge in [-0.2, -0.15) is 0 Å². The van der Waals surface area contributed by atoms with E-state index in [2.05, 4.69) is 57.2 Å². The first-order valence-corrected chi connectivity index (χ1v) is 6.87. The first kappa shape index (κ1) is 12.8. The Morgan fingerprint density at radius 1 is 0.889 bits per heavy atom. The summed E-state index contributed by atoms with van der Waals surface area (Å²) in [6.45, 7) is 6.58. The molecule has 0 aliphatic carbocycles. The molecule has 1 heteroatoms. The molecule has 2 aromatic rings. The van der Waals surface area contributed by atoms with Gasteiger partial charge in [-0.3, -0.25) is 4.98 Å². The lowest BCUT2D eigenvalue weighted by Crippen LogP contribution is -2.01. The van der Waals surface area contributed by atoms with Crippen LogP contribution in [0.3, 0.4) is 0 Å². The Kier molecular flexibility index (Phi) is 4.14. The van der Waals surface area contributed by atoms with E-state index in [1.54, 1.807) is 0 Å². The molecule has 1 aromatic carbocycles. The summed E-state index contributed by atoms with van der Waals surface area (Å²) >= 11 is 0. The second-order valence-electron chi connectivity index (χ2n) is 4.52. The van der Waals surface area contributed by atoms with E-state index in [1.807, 2.05) is 0 Å². The topological polar surface area (TPSA) is 12.9 Å². The van der Waals surface area contributed by atoms with E-state index in [-0.39, 0.29) is 0 Å². The lowest BCUT2D eigenvalue weighted by molar-refractivity contribution is 0.937. The van der Waals surface area contributed by atoms with E-state index in [4.69, 9.17) is 4.98 Å². The molecular weight excluding hydrogens is 218 g/mol. The Bertz CT molecular complexity index is 489. The van der Waals surface area contributed by atoms with Crippen molar-refractivity contribution in [1.82, 2.24) is 4.98 Å². The highest BCUT2D eigenvalue weighted by Crippen LogP contribution is 2.28. The van der Waals surface area contributed by atoms with Crippen LogP contribution in [0.15, 0.2) is 36.4 Å². The van der Waals surface area contributed by atoms with E-state index in [0.29, 0.717) is 0 Å². The largest absolute Gasteiger partial charge is 0.257 e. The molecule has 1 heterocycles. The number of rotatable bonds is 4. The van der Waals surface area contributed by atoms with Gasteiger partial charge >= 0.3 is 0 Å². The molecule has 0 amide bonds. The number of hydrogen-bond acceptors (Lipinski definition) is 1. The lowest BCUT2D eigenvalue weighted by atomic mass is 9.94. The average Bonchev–Trinajstić information content (AvgIpc) is 2.46. The molecular formula is C17H21N. The molecule has 1 nitrogen and oxygen atoms in total. The third-order valence-corrected chi connectivity index (χ3v) is 3.37. The predicted molar refractivity (Wildman–Crippen MR) is 77.8 cm³/mol. The van der Waals surface area contributed by atoms with Gasteiger partial charge in [0.2, 0.25) is 0 Å². The van der Waals surface area contributed by atoms with Gasteiger partial charge < -0.3 is 0 Å². The molecule has 0 aliphatic rings. The van der Waals surface area contributed by atoms with E-state index in [9.17, 15) is 0 Å². The molecule has 0 aliphatic heterocycles. The van der Waals surface area contributed by atoms with E-state index in [0.717, 1.165) is 19.3 Å². The van der Waals surface area contributed by atoms with Crippen LogP contribution in [0.25, 0.3) is 11.1 Å². The van der Waals surface area contributed by atoms with Crippen molar-refractivity contribution >= 4 is 0 Å². The van der Waals surface area contributed by atoms with Crippen molar-refractivity contribution in [2.75, 3.05) is 0 Å². The third kappa shape index (κ3) is 2.45. The maximum absolute atomic E-state index is 4.79. The summed E-state index contributed by atoms with van der Waals surface area (Å²) in [6.07, 6.45) is 3.06. The Morgan fingerprint density at radius 2 is 1.61 bits per heavy atom. The van der Waals surface area contributed by atoms with Gasteiger partial charge in [0.1, 0.15) is 0 Å². The van der Waals surface area contributed by atoms with Gasteiger partial charge in [-0.1, -0.05) is 51.1 Å². The highest BCUT2D eigenvalue weighted by Gasteiger charge is 2.11. The quantitative estimate of drug-likeness (QED) is 0.769. The molecule has 0 unspecified atom stereocenters. The number of pyridine rings is 1. The fraction of sp³-hybridized carbons (Fsp3) is 0.353. The highest BCUT2D eigenvalue weighted by atomic mass is 14.7.